The molecule has 164 valence electrons. The van der Waals surface area contributed by atoms with Crippen LogP contribution in [0.25, 0.3) is 17.2 Å². The third-order valence-electron chi connectivity index (χ3n) is 6.47. The summed E-state index contributed by atoms with van der Waals surface area (Å²) in [5.74, 6) is 0.932. The first-order chi connectivity index (χ1) is 16.0. The largest absolute Gasteiger partial charge is 0.365 e. The van der Waals surface area contributed by atoms with Gasteiger partial charge in [0.15, 0.2) is 0 Å². The number of pyridine rings is 3. The number of hydrogen-bond acceptors (Lipinski definition) is 4. The van der Waals surface area contributed by atoms with Crippen molar-refractivity contribution in [2.75, 3.05) is 5.32 Å². The summed E-state index contributed by atoms with van der Waals surface area (Å²) >= 11 is 0. The molecule has 3 heterocycles. The molecule has 1 aliphatic carbocycles. The van der Waals surface area contributed by atoms with Gasteiger partial charge in [-0.2, -0.15) is 0 Å². The van der Waals surface area contributed by atoms with Gasteiger partial charge in [-0.3, -0.25) is 9.97 Å². The first-order valence-corrected chi connectivity index (χ1v) is 11.4. The normalized spacial score (nSPS) is 16.9. The van der Waals surface area contributed by atoms with Crippen molar-refractivity contribution in [1.82, 2.24) is 15.0 Å². The molecule has 3 aromatic heterocycles. The minimum atomic E-state index is -0.0620. The zero-order chi connectivity index (χ0) is 22.8. The van der Waals surface area contributed by atoms with Crippen LogP contribution < -0.4 is 5.32 Å². The van der Waals surface area contributed by atoms with Gasteiger partial charge in [0.05, 0.1) is 0 Å². The van der Waals surface area contributed by atoms with Crippen LogP contribution in [0.4, 0.5) is 5.82 Å². The highest BCUT2D eigenvalue weighted by Crippen LogP contribution is 2.37. The van der Waals surface area contributed by atoms with Crippen LogP contribution in [0, 0.1) is 13.8 Å². The van der Waals surface area contributed by atoms with E-state index >= 15 is 0 Å². The monoisotopic (exact) mass is 432 g/mol. The van der Waals surface area contributed by atoms with E-state index in [4.69, 9.17) is 0 Å². The quantitative estimate of drug-likeness (QED) is 0.402. The molecule has 1 aromatic carbocycles. The number of benzene rings is 1. The van der Waals surface area contributed by atoms with Gasteiger partial charge in [0.2, 0.25) is 0 Å². The van der Waals surface area contributed by atoms with E-state index in [-0.39, 0.29) is 5.41 Å². The van der Waals surface area contributed by atoms with Crippen molar-refractivity contribution >= 4 is 11.9 Å². The molecule has 0 radical (unpaired) electrons. The van der Waals surface area contributed by atoms with Gasteiger partial charge in [0.25, 0.3) is 0 Å². The van der Waals surface area contributed by atoms with Crippen LogP contribution in [-0.2, 0) is 18.4 Å². The van der Waals surface area contributed by atoms with E-state index in [1.165, 1.54) is 33.4 Å². The predicted molar refractivity (Wildman–Crippen MR) is 135 cm³/mol. The minimum absolute atomic E-state index is 0.0620. The van der Waals surface area contributed by atoms with Crippen LogP contribution in [0.3, 0.4) is 0 Å². The van der Waals surface area contributed by atoms with E-state index in [1.54, 1.807) is 0 Å². The lowest BCUT2D eigenvalue weighted by molar-refractivity contribution is 0.584. The molecule has 4 heteroatoms. The average Bonchev–Trinajstić information content (AvgIpc) is 2.83. The van der Waals surface area contributed by atoms with Gasteiger partial charge in [-0.1, -0.05) is 49.4 Å². The third-order valence-corrected chi connectivity index (χ3v) is 6.47. The summed E-state index contributed by atoms with van der Waals surface area (Å²) in [6.07, 6.45) is 11.2. The van der Waals surface area contributed by atoms with Crippen LogP contribution in [0.15, 0.2) is 79.3 Å². The van der Waals surface area contributed by atoms with Gasteiger partial charge in [-0.25, -0.2) is 4.98 Å². The number of fused-ring (bicyclic) bond motifs is 1. The maximum absolute atomic E-state index is 4.63. The Bertz CT molecular complexity index is 1310. The molecule has 0 spiro atoms. The summed E-state index contributed by atoms with van der Waals surface area (Å²) < 4.78 is 0. The van der Waals surface area contributed by atoms with E-state index < -0.39 is 0 Å². The lowest BCUT2D eigenvalue weighted by Gasteiger charge is -2.31. The molecule has 33 heavy (non-hydrogen) atoms. The van der Waals surface area contributed by atoms with Gasteiger partial charge < -0.3 is 5.32 Å². The van der Waals surface area contributed by atoms with Crippen LogP contribution >= 0.6 is 0 Å². The minimum Gasteiger partial charge on any atom is -0.365 e. The molecular formula is C29H28N4. The maximum atomic E-state index is 4.63. The fraction of sp³-hybridized carbons (Fsp3) is 0.207. The fourth-order valence-electron chi connectivity index (χ4n) is 4.45. The van der Waals surface area contributed by atoms with Gasteiger partial charge in [-0.05, 0) is 72.4 Å². The van der Waals surface area contributed by atoms with Crippen LogP contribution in [0.5, 0.6) is 0 Å². The maximum Gasteiger partial charge on any atom is 0.133 e. The summed E-state index contributed by atoms with van der Waals surface area (Å²) in [5, 5.41) is 3.55. The number of allylic oxidation sites excluding steroid dienone is 1. The third kappa shape index (κ3) is 4.42. The molecule has 1 N–H and O–H groups in total. The number of anilines is 1. The highest BCUT2D eigenvalue weighted by molar-refractivity contribution is 5.70. The number of nitrogens with zero attached hydrogens (tertiary/aromatic N) is 3. The van der Waals surface area contributed by atoms with Crippen LogP contribution in [0.2, 0.25) is 0 Å². The van der Waals surface area contributed by atoms with E-state index in [2.05, 4.69) is 87.9 Å². The molecule has 1 unspecified atom stereocenters. The Hall–Kier alpha value is -3.79. The van der Waals surface area contributed by atoms with Crippen LogP contribution in [0.1, 0.15) is 40.6 Å². The summed E-state index contributed by atoms with van der Waals surface area (Å²) in [6, 6.07) is 19.2. The average molecular weight is 433 g/mol. The van der Waals surface area contributed by atoms with Crippen molar-refractivity contribution in [3.05, 3.63) is 113 Å². The highest BCUT2D eigenvalue weighted by Gasteiger charge is 2.29. The zero-order valence-electron chi connectivity index (χ0n) is 19.3. The molecular weight excluding hydrogens is 404 g/mol. The number of aryl methyl sites for hydroxylation is 2. The SMILES string of the molecule is Cc1ccc(C2(C)C=Cc3c(ccnc3NCc3ccc(-c4ccnc(C)c4)cc3)C2)cn1. The molecule has 1 aliphatic rings. The Kier molecular flexibility index (Phi) is 5.51. The second kappa shape index (κ2) is 8.62. The van der Waals surface area contributed by atoms with E-state index in [0.29, 0.717) is 0 Å². The molecule has 0 amide bonds. The first-order valence-electron chi connectivity index (χ1n) is 11.4. The molecule has 5 rings (SSSR count). The fourth-order valence-corrected chi connectivity index (χ4v) is 4.45. The van der Waals surface area contributed by atoms with Gasteiger partial charge in [0.1, 0.15) is 5.82 Å². The zero-order valence-corrected chi connectivity index (χ0v) is 19.3. The van der Waals surface area contributed by atoms with Crippen molar-refractivity contribution in [3.63, 3.8) is 0 Å². The topological polar surface area (TPSA) is 50.7 Å². The predicted octanol–water partition coefficient (Wildman–Crippen LogP) is 6.29. The summed E-state index contributed by atoms with van der Waals surface area (Å²) in [7, 11) is 0. The van der Waals surface area contributed by atoms with E-state index in [0.717, 1.165) is 30.2 Å². The Morgan fingerprint density at radius 1 is 0.848 bits per heavy atom. The smallest absolute Gasteiger partial charge is 0.133 e. The molecule has 1 atom stereocenters. The van der Waals surface area contributed by atoms with E-state index in [1.807, 2.05) is 38.5 Å². The molecule has 4 aromatic rings. The molecule has 0 saturated heterocycles. The second-order valence-corrected chi connectivity index (χ2v) is 9.08. The Morgan fingerprint density at radius 3 is 2.42 bits per heavy atom. The number of aromatic nitrogens is 3. The van der Waals surface area contributed by atoms with Crippen LogP contribution in [-0.4, -0.2) is 15.0 Å². The van der Waals surface area contributed by atoms with Crippen molar-refractivity contribution in [2.24, 2.45) is 0 Å². The van der Waals surface area contributed by atoms with Gasteiger partial charge in [0, 0.05) is 47.5 Å². The second-order valence-electron chi connectivity index (χ2n) is 9.08. The highest BCUT2D eigenvalue weighted by atomic mass is 15.0. The molecule has 0 saturated carbocycles. The molecule has 4 nitrogen and oxygen atoms in total. The van der Waals surface area contributed by atoms with Gasteiger partial charge >= 0.3 is 0 Å². The van der Waals surface area contributed by atoms with Crippen molar-refractivity contribution in [2.45, 2.75) is 39.2 Å². The lowest BCUT2D eigenvalue weighted by Crippen LogP contribution is -2.25. The summed E-state index contributed by atoms with van der Waals surface area (Å²) in [6.45, 7) is 7.05. The number of rotatable bonds is 5. The first kappa shape index (κ1) is 21.1. The number of hydrogen-bond donors (Lipinski definition) is 1. The summed E-state index contributed by atoms with van der Waals surface area (Å²) in [4.78, 5) is 13.4. The van der Waals surface area contributed by atoms with Crippen molar-refractivity contribution in [1.29, 1.82) is 0 Å². The Balaban J connectivity index is 1.32. The lowest BCUT2D eigenvalue weighted by atomic mass is 9.74. The van der Waals surface area contributed by atoms with Gasteiger partial charge in [-0.15, -0.1) is 0 Å². The van der Waals surface area contributed by atoms with Crippen molar-refractivity contribution < 1.29 is 0 Å². The summed E-state index contributed by atoms with van der Waals surface area (Å²) in [5.41, 5.74) is 9.35. The van der Waals surface area contributed by atoms with E-state index in [9.17, 15) is 0 Å². The Morgan fingerprint density at radius 2 is 1.67 bits per heavy atom. The standard InChI is InChI=1S/C29H28N4/c1-20-4-9-26(19-32-20)29(3)13-10-27-25(17-29)12-15-31-28(27)33-18-22-5-7-23(8-6-22)24-11-14-30-21(2)16-24/h4-16,19H,17-18H2,1-3H3,(H,31,33). The molecule has 0 aliphatic heterocycles. The Labute approximate surface area is 195 Å². The molecule has 0 fully saturated rings. The van der Waals surface area contributed by atoms with Crippen molar-refractivity contribution in [3.8, 4) is 11.1 Å². The molecule has 0 bridgehead atoms. The number of nitrogens with one attached hydrogen (secondary N) is 1.